The van der Waals surface area contributed by atoms with Crippen LogP contribution in [-0.2, 0) is 16.6 Å². The first-order chi connectivity index (χ1) is 15.5. The summed E-state index contributed by atoms with van der Waals surface area (Å²) in [5.74, 6) is 0. The Morgan fingerprint density at radius 3 is 0.351 bits per heavy atom. The standard InChI is InChI=1S/4C3HF6.Ti/c4*4-2(5,6)1-3(7,8)9;/h4*1H;. The summed E-state index contributed by atoms with van der Waals surface area (Å²) in [6, 6.07) is 0. The van der Waals surface area contributed by atoms with Crippen molar-refractivity contribution in [2.75, 3.05) is 0 Å². The van der Waals surface area contributed by atoms with Gasteiger partial charge in [0.15, 0.2) is 0 Å². The summed E-state index contributed by atoms with van der Waals surface area (Å²) in [4.78, 5) is 0. The molecule has 0 spiro atoms. The third kappa shape index (κ3) is 7.58. The van der Waals surface area contributed by atoms with Crippen molar-refractivity contribution in [2.45, 2.75) is 66.3 Å². The Labute approximate surface area is 189 Å². The summed E-state index contributed by atoms with van der Waals surface area (Å²) in [6.07, 6.45) is -67.2. The SMILES string of the molecule is FC(F)(F)[CH](C(F)(F)F)[Ti]([CH](C(F)(F)F)C(F)(F)F)([CH](C(F)(F)F)C(F)(F)F)[CH](C(F)(F)F)C(F)(F)F. The molecule has 0 aromatic rings. The minimum absolute atomic E-state index is 7.63. The third-order valence-corrected chi connectivity index (χ3v) is 15.0. The molecule has 0 aromatic heterocycles. The third-order valence-electron chi connectivity index (χ3n) is 4.62. The molecule has 25 heteroatoms. The summed E-state index contributed by atoms with van der Waals surface area (Å²) in [6.45, 7) is 0. The normalized spacial score (nSPS) is 16.5. The average molecular weight is 652 g/mol. The molecule has 0 nitrogen and oxygen atoms in total. The number of alkyl halides is 24. The van der Waals surface area contributed by atoms with Gasteiger partial charge < -0.3 is 0 Å². The van der Waals surface area contributed by atoms with Crippen molar-refractivity contribution in [3.63, 3.8) is 0 Å². The van der Waals surface area contributed by atoms with Crippen molar-refractivity contribution in [1.82, 2.24) is 0 Å². The summed E-state index contributed by atoms with van der Waals surface area (Å²) in [5, 5.41) is 0. The fourth-order valence-electron chi connectivity index (χ4n) is 4.01. The van der Waals surface area contributed by atoms with Crippen LogP contribution in [0.25, 0.3) is 0 Å². The molecule has 0 N–H and O–H groups in total. The molecule has 0 bridgehead atoms. The first-order valence-electron chi connectivity index (χ1n) is 8.00. The molecule has 0 amide bonds. The van der Waals surface area contributed by atoms with E-state index in [4.69, 9.17) is 0 Å². The maximum absolute atomic E-state index is 13.2. The number of hydrogen-bond acceptors (Lipinski definition) is 0. The van der Waals surface area contributed by atoms with E-state index in [1.807, 2.05) is 0 Å². The van der Waals surface area contributed by atoms with Gasteiger partial charge in [-0.15, -0.1) is 0 Å². The van der Waals surface area contributed by atoms with E-state index in [0.29, 0.717) is 0 Å². The van der Waals surface area contributed by atoms with Crippen LogP contribution >= 0.6 is 0 Å². The molecular weight excluding hydrogens is 648 g/mol. The van der Waals surface area contributed by atoms with Crippen molar-refractivity contribution in [2.24, 2.45) is 0 Å². The van der Waals surface area contributed by atoms with E-state index in [1.165, 1.54) is 0 Å². The Morgan fingerprint density at radius 2 is 0.297 bits per heavy atom. The molecule has 0 radical (unpaired) electrons. The van der Waals surface area contributed by atoms with Crippen LogP contribution in [-0.4, -0.2) is 49.4 Å². The van der Waals surface area contributed by atoms with Crippen LogP contribution in [0.4, 0.5) is 105 Å². The Kier molecular flexibility index (Phi) is 9.34. The maximum atomic E-state index is 13.2. The first-order valence-corrected chi connectivity index (χ1v) is 11.6. The second-order valence-electron chi connectivity index (χ2n) is 7.06. The minimum atomic E-state index is -12.3. The Morgan fingerprint density at radius 1 is 0.216 bits per heavy atom. The number of hydrogen-bond donors (Lipinski definition) is 0. The molecule has 37 heavy (non-hydrogen) atoms. The van der Waals surface area contributed by atoms with Gasteiger partial charge in [-0.2, -0.15) is 0 Å². The van der Waals surface area contributed by atoms with Gasteiger partial charge in [-0.05, 0) is 0 Å². The summed E-state index contributed by atoms with van der Waals surface area (Å²) < 4.78 is 287. The van der Waals surface area contributed by atoms with Gasteiger partial charge in [-0.1, -0.05) is 0 Å². The molecular formula is C12H4F24Ti. The molecule has 0 fully saturated rings. The van der Waals surface area contributed by atoms with Crippen molar-refractivity contribution < 1.29 is 122 Å². The summed E-state index contributed by atoms with van der Waals surface area (Å²) in [5.41, 5.74) is 0. The molecule has 0 unspecified atom stereocenters. The predicted molar refractivity (Wildman–Crippen MR) is 63.4 cm³/mol. The summed E-state index contributed by atoms with van der Waals surface area (Å²) >= 11 is -12.3. The number of rotatable bonds is 4. The van der Waals surface area contributed by atoms with Gasteiger partial charge in [0.25, 0.3) is 0 Å². The molecule has 0 heterocycles. The Balaban J connectivity index is 9.26. The van der Waals surface area contributed by atoms with Crippen LogP contribution in [0.3, 0.4) is 0 Å². The van der Waals surface area contributed by atoms with Crippen molar-refractivity contribution >= 4 is 0 Å². The van der Waals surface area contributed by atoms with E-state index in [2.05, 4.69) is 0 Å². The van der Waals surface area contributed by atoms with Crippen LogP contribution in [0.1, 0.15) is 0 Å². The number of halogens is 24. The zero-order chi connectivity index (χ0) is 30.8. The molecule has 0 saturated heterocycles. The van der Waals surface area contributed by atoms with Crippen LogP contribution in [0, 0.1) is 0 Å². The van der Waals surface area contributed by atoms with E-state index in [-0.39, 0.29) is 0 Å². The average Bonchev–Trinajstić information content (AvgIpc) is 2.30. The van der Waals surface area contributed by atoms with Gasteiger partial charge in [0.05, 0.1) is 0 Å². The molecule has 0 aromatic carbocycles. The second kappa shape index (κ2) is 9.59. The Bertz CT molecular complexity index is 570. The molecule has 224 valence electrons. The molecule has 0 aliphatic rings. The van der Waals surface area contributed by atoms with Gasteiger partial charge in [0, 0.05) is 0 Å². The molecule has 0 aliphatic heterocycles. The van der Waals surface area contributed by atoms with Gasteiger partial charge >= 0.3 is 188 Å². The van der Waals surface area contributed by atoms with E-state index < -0.39 is 82.9 Å². The van der Waals surface area contributed by atoms with E-state index in [9.17, 15) is 105 Å². The van der Waals surface area contributed by atoms with Gasteiger partial charge in [-0.3, -0.25) is 0 Å². The first kappa shape index (κ1) is 36.0. The molecule has 0 rings (SSSR count). The topological polar surface area (TPSA) is 0 Å². The zero-order valence-corrected chi connectivity index (χ0v) is 17.4. The molecule has 0 saturated carbocycles. The zero-order valence-electron chi connectivity index (χ0n) is 15.9. The van der Waals surface area contributed by atoms with Gasteiger partial charge in [-0.25, -0.2) is 0 Å². The van der Waals surface area contributed by atoms with E-state index in [1.54, 1.807) is 0 Å². The van der Waals surface area contributed by atoms with E-state index in [0.717, 1.165) is 0 Å². The van der Waals surface area contributed by atoms with Gasteiger partial charge in [0.1, 0.15) is 0 Å². The van der Waals surface area contributed by atoms with Crippen molar-refractivity contribution in [1.29, 1.82) is 0 Å². The fourth-order valence-corrected chi connectivity index (χ4v) is 14.2. The van der Waals surface area contributed by atoms with Crippen molar-refractivity contribution in [3.8, 4) is 0 Å². The molecule has 0 atom stereocenters. The molecule has 0 aliphatic carbocycles. The van der Waals surface area contributed by atoms with Crippen LogP contribution in [0.15, 0.2) is 0 Å². The second-order valence-corrected chi connectivity index (χ2v) is 13.8. The Hall–Kier alpha value is -0.966. The fraction of sp³-hybridized carbons (Fsp3) is 1.00. The summed E-state index contributed by atoms with van der Waals surface area (Å²) in [7, 11) is 0. The quantitative estimate of drug-likeness (QED) is 0.210. The van der Waals surface area contributed by atoms with Crippen LogP contribution in [0.5, 0.6) is 0 Å². The van der Waals surface area contributed by atoms with Crippen molar-refractivity contribution in [3.05, 3.63) is 0 Å². The predicted octanol–water partition coefficient (Wildman–Crippen LogP) is 9.79. The van der Waals surface area contributed by atoms with Crippen LogP contribution in [0.2, 0.25) is 16.9 Å². The monoisotopic (exact) mass is 652 g/mol. The van der Waals surface area contributed by atoms with Gasteiger partial charge in [0.2, 0.25) is 0 Å². The van der Waals surface area contributed by atoms with E-state index >= 15 is 0 Å². The van der Waals surface area contributed by atoms with Crippen LogP contribution < -0.4 is 0 Å².